The Bertz CT molecular complexity index is 1350. The zero-order valence-corrected chi connectivity index (χ0v) is 22.8. The Balaban J connectivity index is 1.51. The van der Waals surface area contributed by atoms with Crippen molar-refractivity contribution >= 4 is 25.8 Å². The van der Waals surface area contributed by atoms with E-state index in [1.165, 1.54) is 32.9 Å². The van der Waals surface area contributed by atoms with Crippen molar-refractivity contribution in [1.29, 1.82) is 0 Å². The van der Waals surface area contributed by atoms with Crippen molar-refractivity contribution in [3.05, 3.63) is 47.5 Å². The average molecular weight is 550 g/mol. The Labute approximate surface area is 217 Å². The maximum absolute atomic E-state index is 13.4. The van der Waals surface area contributed by atoms with Crippen molar-refractivity contribution in [2.75, 3.05) is 26.2 Å². The number of rotatable bonds is 4. The van der Waals surface area contributed by atoms with E-state index >= 15 is 0 Å². The summed E-state index contributed by atoms with van der Waals surface area (Å²) in [6, 6.07) is 9.39. The van der Waals surface area contributed by atoms with Gasteiger partial charge in [0.25, 0.3) is 0 Å². The van der Waals surface area contributed by atoms with Gasteiger partial charge in [-0.25, -0.2) is 16.8 Å². The summed E-state index contributed by atoms with van der Waals surface area (Å²) in [6.45, 7) is 8.29. The number of hydrogen-bond acceptors (Lipinski definition) is 8. The van der Waals surface area contributed by atoms with Crippen LogP contribution in [0.25, 0.3) is 11.1 Å². The van der Waals surface area contributed by atoms with Gasteiger partial charge in [-0.2, -0.15) is 8.61 Å². The zero-order valence-electron chi connectivity index (χ0n) is 21.2. The van der Waals surface area contributed by atoms with Crippen LogP contribution in [0.4, 0.5) is 0 Å². The highest BCUT2D eigenvalue weighted by Gasteiger charge is 2.36. The fraction of sp³-hybridized carbons (Fsp3) is 0.480. The van der Waals surface area contributed by atoms with Gasteiger partial charge in [0, 0.05) is 37.3 Å². The van der Waals surface area contributed by atoms with Gasteiger partial charge in [0.15, 0.2) is 0 Å². The predicted molar refractivity (Wildman–Crippen MR) is 137 cm³/mol. The van der Waals surface area contributed by atoms with Crippen LogP contribution in [0.3, 0.4) is 0 Å². The topological polar surface area (TPSA) is 126 Å². The number of nitrogens with zero attached hydrogens (tertiary/aromatic N) is 3. The molecule has 2 fully saturated rings. The Morgan fingerprint density at radius 3 is 1.35 bits per heavy atom. The molecule has 2 aromatic rings. The molecule has 0 amide bonds. The van der Waals surface area contributed by atoms with Gasteiger partial charge in [0.05, 0.1) is 34.2 Å². The van der Waals surface area contributed by atoms with E-state index in [1.807, 2.05) is 27.7 Å². The van der Waals surface area contributed by atoms with Gasteiger partial charge < -0.3 is 14.7 Å². The van der Waals surface area contributed by atoms with Crippen LogP contribution in [0.15, 0.2) is 51.3 Å². The normalized spacial score (nSPS) is 27.1. The van der Waals surface area contributed by atoms with E-state index in [0.29, 0.717) is 22.3 Å². The van der Waals surface area contributed by atoms with E-state index in [9.17, 15) is 22.0 Å². The van der Waals surface area contributed by atoms with E-state index in [0.717, 1.165) is 0 Å². The molecule has 3 aliphatic rings. The third kappa shape index (κ3) is 4.59. The van der Waals surface area contributed by atoms with Gasteiger partial charge in [0.2, 0.25) is 20.0 Å². The van der Waals surface area contributed by atoms with Crippen LogP contribution in [-0.4, -0.2) is 87.0 Å². The minimum Gasteiger partial charge on any atom is -0.410 e. The smallest absolute Gasteiger partial charge is 0.243 e. The van der Waals surface area contributed by atoms with Gasteiger partial charge in [0.1, 0.15) is 5.71 Å². The van der Waals surface area contributed by atoms with Crippen LogP contribution >= 0.6 is 0 Å². The third-order valence-electron chi connectivity index (χ3n) is 6.93. The summed E-state index contributed by atoms with van der Waals surface area (Å²) in [5.74, 6) is 0. The molecule has 2 aliphatic heterocycles. The quantitative estimate of drug-likeness (QED) is 0.391. The number of ether oxygens (including phenoxy) is 2. The van der Waals surface area contributed by atoms with Crippen LogP contribution in [0, 0.1) is 0 Å². The molecule has 2 aromatic carbocycles. The number of fused-ring (bicyclic) bond motifs is 3. The van der Waals surface area contributed by atoms with E-state index in [2.05, 4.69) is 5.16 Å². The Morgan fingerprint density at radius 1 is 0.676 bits per heavy atom. The highest BCUT2D eigenvalue weighted by molar-refractivity contribution is 7.89. The lowest BCUT2D eigenvalue weighted by Crippen LogP contribution is -2.48. The van der Waals surface area contributed by atoms with Crippen LogP contribution < -0.4 is 0 Å². The van der Waals surface area contributed by atoms with Gasteiger partial charge in [-0.15, -0.1) is 0 Å². The summed E-state index contributed by atoms with van der Waals surface area (Å²) < 4.78 is 67.9. The molecule has 10 nitrogen and oxygen atoms in total. The van der Waals surface area contributed by atoms with Crippen molar-refractivity contribution in [2.24, 2.45) is 5.16 Å². The minimum absolute atomic E-state index is 0.0747. The molecule has 0 radical (unpaired) electrons. The summed E-state index contributed by atoms with van der Waals surface area (Å²) in [4.78, 5) is 0.149. The first kappa shape index (κ1) is 26.3. The molecule has 0 saturated carbocycles. The van der Waals surface area contributed by atoms with E-state index < -0.39 is 20.0 Å². The number of benzene rings is 2. The van der Waals surface area contributed by atoms with Crippen LogP contribution in [0.2, 0.25) is 0 Å². The molecule has 37 heavy (non-hydrogen) atoms. The van der Waals surface area contributed by atoms with Gasteiger partial charge >= 0.3 is 0 Å². The van der Waals surface area contributed by atoms with Crippen LogP contribution in [0.1, 0.15) is 38.8 Å². The molecule has 0 bridgehead atoms. The van der Waals surface area contributed by atoms with Crippen molar-refractivity contribution in [1.82, 2.24) is 8.61 Å². The molecule has 0 spiro atoms. The fourth-order valence-corrected chi connectivity index (χ4v) is 8.67. The second-order valence-electron chi connectivity index (χ2n) is 10.0. The molecule has 1 aliphatic carbocycles. The zero-order chi connectivity index (χ0) is 26.7. The van der Waals surface area contributed by atoms with Gasteiger partial charge in [-0.3, -0.25) is 0 Å². The highest BCUT2D eigenvalue weighted by Crippen LogP contribution is 2.40. The van der Waals surface area contributed by atoms with Crippen LogP contribution in [-0.2, 0) is 29.5 Å². The Morgan fingerprint density at radius 2 is 1.03 bits per heavy atom. The molecular formula is C25H31N3O7S2. The first-order chi connectivity index (χ1) is 17.4. The molecule has 2 saturated heterocycles. The first-order valence-electron chi connectivity index (χ1n) is 12.2. The Kier molecular flexibility index (Phi) is 6.70. The van der Waals surface area contributed by atoms with Gasteiger partial charge in [-0.1, -0.05) is 17.3 Å². The van der Waals surface area contributed by atoms with E-state index in [1.54, 1.807) is 12.1 Å². The maximum Gasteiger partial charge on any atom is 0.243 e. The number of sulfonamides is 2. The molecule has 200 valence electrons. The molecule has 4 atom stereocenters. The third-order valence-corrected chi connectivity index (χ3v) is 10.6. The molecule has 4 unspecified atom stereocenters. The SMILES string of the molecule is CC1CN(S(=O)(=O)c2ccc3c(c2)C(=NO)c2cc(S(=O)(=O)N4CC(C)OC(C)C4)ccc2-3)CC(C)O1. The number of morpholine rings is 2. The van der Waals surface area contributed by atoms with Crippen molar-refractivity contribution in [3.63, 3.8) is 0 Å². The maximum atomic E-state index is 13.4. The summed E-state index contributed by atoms with van der Waals surface area (Å²) in [7, 11) is -7.65. The minimum atomic E-state index is -3.82. The molecule has 2 heterocycles. The molecule has 12 heteroatoms. The predicted octanol–water partition coefficient (Wildman–Crippen LogP) is 2.49. The average Bonchev–Trinajstić information content (AvgIpc) is 3.15. The lowest BCUT2D eigenvalue weighted by atomic mass is 10.1. The highest BCUT2D eigenvalue weighted by atomic mass is 32.2. The van der Waals surface area contributed by atoms with Crippen molar-refractivity contribution in [2.45, 2.75) is 61.9 Å². The second kappa shape index (κ2) is 9.44. The Hall–Kier alpha value is -2.35. The molecule has 0 aromatic heterocycles. The summed E-state index contributed by atoms with van der Waals surface area (Å²) >= 11 is 0. The largest absolute Gasteiger partial charge is 0.410 e. The summed E-state index contributed by atoms with van der Waals surface area (Å²) in [5.41, 5.74) is 2.32. The lowest BCUT2D eigenvalue weighted by molar-refractivity contribution is -0.0442. The second-order valence-corrected chi connectivity index (χ2v) is 13.9. The standard InChI is InChI=1S/C25H31N3O7S2/c1-15-11-27(12-16(2)34-15)36(30,31)19-5-7-21-22-8-6-20(10-24(22)25(26-29)23(21)9-19)37(32,33)28-13-17(3)35-18(4)14-28/h5-10,15-18,29H,11-14H2,1-4H3. The van der Waals surface area contributed by atoms with E-state index in [4.69, 9.17) is 9.47 Å². The van der Waals surface area contributed by atoms with E-state index in [-0.39, 0.29) is 66.1 Å². The van der Waals surface area contributed by atoms with Crippen molar-refractivity contribution < 1.29 is 31.5 Å². The molecule has 5 rings (SSSR count). The number of oxime groups is 1. The van der Waals surface area contributed by atoms with Crippen molar-refractivity contribution in [3.8, 4) is 11.1 Å². The monoisotopic (exact) mass is 549 g/mol. The summed E-state index contributed by atoms with van der Waals surface area (Å²) in [5, 5.41) is 13.4. The first-order valence-corrected chi connectivity index (χ1v) is 15.1. The van der Waals surface area contributed by atoms with Gasteiger partial charge in [-0.05, 0) is 63.1 Å². The number of hydrogen-bond donors (Lipinski definition) is 1. The lowest BCUT2D eigenvalue weighted by Gasteiger charge is -2.34. The molecular weight excluding hydrogens is 518 g/mol. The summed E-state index contributed by atoms with van der Waals surface area (Å²) in [6.07, 6.45) is -0.927. The fourth-order valence-electron chi connectivity index (χ4n) is 5.43. The van der Waals surface area contributed by atoms with Crippen LogP contribution in [0.5, 0.6) is 0 Å². The molecule has 1 N–H and O–H groups in total.